The van der Waals surface area contributed by atoms with E-state index < -0.39 is 21.8 Å². The normalized spacial score (nSPS) is 18.9. The Labute approximate surface area is 144 Å². The Bertz CT molecular complexity index is 864. The predicted octanol–water partition coefficient (Wildman–Crippen LogP) is 2.16. The van der Waals surface area contributed by atoms with Crippen LogP contribution in [-0.2, 0) is 14.8 Å². The number of benzene rings is 1. The average Bonchev–Trinajstić information content (AvgIpc) is 3.00. The smallest absolute Gasteiger partial charge is 0.243 e. The number of sulfonamides is 1. The summed E-state index contributed by atoms with van der Waals surface area (Å²) in [6, 6.07) is 6.26. The molecule has 1 atom stereocenters. The van der Waals surface area contributed by atoms with Crippen molar-refractivity contribution >= 4 is 21.8 Å². The van der Waals surface area contributed by atoms with Gasteiger partial charge in [0.25, 0.3) is 0 Å². The molecule has 0 unspecified atom stereocenters. The molecule has 134 valence electrons. The summed E-state index contributed by atoms with van der Waals surface area (Å²) in [5.41, 5.74) is 0.638. The van der Waals surface area contributed by atoms with Gasteiger partial charge in [0.1, 0.15) is 5.82 Å². The first-order chi connectivity index (χ1) is 11.9. The molecule has 25 heavy (non-hydrogen) atoms. The second kappa shape index (κ2) is 6.93. The summed E-state index contributed by atoms with van der Waals surface area (Å²) in [5.74, 6) is -1.07. The zero-order chi connectivity index (χ0) is 18.0. The number of piperidine rings is 1. The number of hydrogen-bond acceptors (Lipinski definition) is 5. The number of hydrogen-bond donors (Lipinski definition) is 1. The molecule has 2 heterocycles. The second-order valence-electron chi connectivity index (χ2n) is 5.98. The quantitative estimate of drug-likeness (QED) is 0.894. The highest BCUT2D eigenvalue weighted by Crippen LogP contribution is 2.25. The number of halogens is 1. The van der Waals surface area contributed by atoms with Crippen molar-refractivity contribution in [3.05, 3.63) is 41.8 Å². The van der Waals surface area contributed by atoms with Gasteiger partial charge in [-0.05, 0) is 44.0 Å². The maximum Gasteiger partial charge on any atom is 0.243 e. The number of aryl methyl sites for hydroxylation is 1. The molecule has 1 saturated heterocycles. The van der Waals surface area contributed by atoms with Crippen LogP contribution in [0.1, 0.15) is 18.5 Å². The third-order valence-electron chi connectivity index (χ3n) is 4.08. The van der Waals surface area contributed by atoms with Gasteiger partial charge in [-0.2, -0.15) is 4.31 Å². The standard InChI is InChI=1S/C16H18FN3O4S/c1-11-9-15(24-19-11)18-16(21)12-3-2-8-20(10-12)25(22,23)14-6-4-13(17)5-7-14/h4-7,9,12H,2-3,8,10H2,1H3,(H,18,21)/t12-/m0/s1. The first-order valence-electron chi connectivity index (χ1n) is 7.86. The molecule has 1 fully saturated rings. The second-order valence-corrected chi connectivity index (χ2v) is 7.92. The third-order valence-corrected chi connectivity index (χ3v) is 5.96. The van der Waals surface area contributed by atoms with Crippen LogP contribution >= 0.6 is 0 Å². The summed E-state index contributed by atoms with van der Waals surface area (Å²) in [5, 5.41) is 6.30. The van der Waals surface area contributed by atoms with E-state index in [1.807, 2.05) is 0 Å². The molecule has 1 N–H and O–H groups in total. The minimum Gasteiger partial charge on any atom is -0.338 e. The van der Waals surface area contributed by atoms with Crippen molar-refractivity contribution in [3.63, 3.8) is 0 Å². The largest absolute Gasteiger partial charge is 0.338 e. The molecule has 0 spiro atoms. The first-order valence-corrected chi connectivity index (χ1v) is 9.30. The number of nitrogens with zero attached hydrogens (tertiary/aromatic N) is 2. The fraction of sp³-hybridized carbons (Fsp3) is 0.375. The lowest BCUT2D eigenvalue weighted by molar-refractivity contribution is -0.121. The van der Waals surface area contributed by atoms with Crippen LogP contribution in [0.5, 0.6) is 0 Å². The van der Waals surface area contributed by atoms with Crippen molar-refractivity contribution in [2.75, 3.05) is 18.4 Å². The van der Waals surface area contributed by atoms with Gasteiger partial charge in [0, 0.05) is 19.2 Å². The third kappa shape index (κ3) is 3.88. The van der Waals surface area contributed by atoms with Crippen LogP contribution in [0.25, 0.3) is 0 Å². The van der Waals surface area contributed by atoms with Crippen molar-refractivity contribution in [1.29, 1.82) is 0 Å². The summed E-state index contributed by atoms with van der Waals surface area (Å²) in [6.45, 7) is 2.13. The molecule has 0 bridgehead atoms. The monoisotopic (exact) mass is 367 g/mol. The van der Waals surface area contributed by atoms with Gasteiger partial charge in [0.2, 0.25) is 21.8 Å². The molecule has 9 heteroatoms. The zero-order valence-corrected chi connectivity index (χ0v) is 14.4. The Hall–Kier alpha value is -2.26. The lowest BCUT2D eigenvalue weighted by Gasteiger charge is -2.31. The van der Waals surface area contributed by atoms with E-state index in [2.05, 4.69) is 10.5 Å². The summed E-state index contributed by atoms with van der Waals surface area (Å²) in [4.78, 5) is 12.4. The van der Waals surface area contributed by atoms with Crippen LogP contribution in [0, 0.1) is 18.7 Å². The van der Waals surface area contributed by atoms with Crippen LogP contribution < -0.4 is 5.32 Å². The number of aromatic nitrogens is 1. The van der Waals surface area contributed by atoms with Crippen LogP contribution in [0.3, 0.4) is 0 Å². The Morgan fingerprint density at radius 1 is 1.36 bits per heavy atom. The van der Waals surface area contributed by atoms with Crippen molar-refractivity contribution in [3.8, 4) is 0 Å². The predicted molar refractivity (Wildman–Crippen MR) is 87.8 cm³/mol. The average molecular weight is 367 g/mol. The Balaban J connectivity index is 1.71. The number of anilines is 1. The Morgan fingerprint density at radius 3 is 2.72 bits per heavy atom. The first kappa shape index (κ1) is 17.6. The van der Waals surface area contributed by atoms with Crippen molar-refractivity contribution in [1.82, 2.24) is 9.46 Å². The van der Waals surface area contributed by atoms with Gasteiger partial charge in [-0.25, -0.2) is 12.8 Å². The molecule has 7 nitrogen and oxygen atoms in total. The van der Waals surface area contributed by atoms with Crippen molar-refractivity contribution in [2.45, 2.75) is 24.7 Å². The van der Waals surface area contributed by atoms with Gasteiger partial charge in [-0.3, -0.25) is 10.1 Å². The molecule has 0 radical (unpaired) electrons. The van der Waals surface area contributed by atoms with Gasteiger partial charge in [-0.15, -0.1) is 0 Å². The Morgan fingerprint density at radius 2 is 2.08 bits per heavy atom. The maximum absolute atomic E-state index is 13.0. The number of carbonyl (C=O) groups excluding carboxylic acids is 1. The molecule has 0 aliphatic carbocycles. The number of nitrogens with one attached hydrogen (secondary N) is 1. The van der Waals surface area contributed by atoms with E-state index in [4.69, 9.17) is 4.52 Å². The van der Waals surface area contributed by atoms with E-state index in [0.29, 0.717) is 25.1 Å². The SMILES string of the molecule is Cc1cc(NC(=O)[C@H]2CCCN(S(=O)(=O)c3ccc(F)cc3)C2)on1. The molecule has 1 amide bonds. The number of amides is 1. The molecule has 1 aliphatic rings. The molecule has 0 saturated carbocycles. The fourth-order valence-electron chi connectivity index (χ4n) is 2.78. The topological polar surface area (TPSA) is 92.5 Å². The van der Waals surface area contributed by atoms with E-state index in [1.165, 1.54) is 16.4 Å². The van der Waals surface area contributed by atoms with Gasteiger partial charge in [0.05, 0.1) is 16.5 Å². The highest BCUT2D eigenvalue weighted by Gasteiger charge is 2.33. The van der Waals surface area contributed by atoms with E-state index >= 15 is 0 Å². The van der Waals surface area contributed by atoms with E-state index in [-0.39, 0.29) is 23.2 Å². The summed E-state index contributed by atoms with van der Waals surface area (Å²) < 4.78 is 44.6. The Kier molecular flexibility index (Phi) is 4.87. The molecular formula is C16H18FN3O4S. The number of rotatable bonds is 4. The van der Waals surface area contributed by atoms with Gasteiger partial charge >= 0.3 is 0 Å². The lowest BCUT2D eigenvalue weighted by atomic mass is 9.99. The minimum atomic E-state index is -3.76. The van der Waals surface area contributed by atoms with Crippen LogP contribution in [-0.4, -0.2) is 36.9 Å². The van der Waals surface area contributed by atoms with Gasteiger partial charge < -0.3 is 4.52 Å². The van der Waals surface area contributed by atoms with E-state index in [0.717, 1.165) is 12.1 Å². The van der Waals surface area contributed by atoms with E-state index in [9.17, 15) is 17.6 Å². The van der Waals surface area contributed by atoms with Crippen LogP contribution in [0.2, 0.25) is 0 Å². The zero-order valence-electron chi connectivity index (χ0n) is 13.6. The van der Waals surface area contributed by atoms with Gasteiger partial charge in [-0.1, -0.05) is 5.16 Å². The fourth-order valence-corrected chi connectivity index (χ4v) is 4.30. The highest BCUT2D eigenvalue weighted by atomic mass is 32.2. The summed E-state index contributed by atoms with van der Waals surface area (Å²) >= 11 is 0. The molecule has 3 rings (SSSR count). The maximum atomic E-state index is 13.0. The van der Waals surface area contributed by atoms with Crippen molar-refractivity contribution < 1.29 is 22.1 Å². The number of carbonyl (C=O) groups is 1. The molecule has 1 aromatic carbocycles. The molecule has 1 aliphatic heterocycles. The summed E-state index contributed by atoms with van der Waals surface area (Å²) in [6.07, 6.45) is 1.14. The summed E-state index contributed by atoms with van der Waals surface area (Å²) in [7, 11) is -3.76. The van der Waals surface area contributed by atoms with Crippen LogP contribution in [0.15, 0.2) is 39.8 Å². The highest BCUT2D eigenvalue weighted by molar-refractivity contribution is 7.89. The molecular weight excluding hydrogens is 349 g/mol. The van der Waals surface area contributed by atoms with Gasteiger partial charge in [0.15, 0.2) is 0 Å². The molecule has 1 aromatic heterocycles. The van der Waals surface area contributed by atoms with Crippen LogP contribution in [0.4, 0.5) is 10.3 Å². The lowest BCUT2D eigenvalue weighted by Crippen LogP contribution is -2.43. The van der Waals surface area contributed by atoms with E-state index in [1.54, 1.807) is 13.0 Å². The van der Waals surface area contributed by atoms with Crippen molar-refractivity contribution in [2.24, 2.45) is 5.92 Å². The minimum absolute atomic E-state index is 0.0146. The molecule has 2 aromatic rings.